The summed E-state index contributed by atoms with van der Waals surface area (Å²) in [5.41, 5.74) is 3.27. The molecule has 1 N–H and O–H groups in total. The molecule has 3 aromatic carbocycles. The summed E-state index contributed by atoms with van der Waals surface area (Å²) in [6.07, 6.45) is 0.765. The molecule has 0 spiro atoms. The lowest BCUT2D eigenvalue weighted by molar-refractivity contribution is -0.139. The van der Waals surface area contributed by atoms with Gasteiger partial charge in [-0.3, -0.25) is 13.9 Å². The van der Waals surface area contributed by atoms with Crippen LogP contribution >= 0.6 is 0 Å². The fraction of sp³-hybridized carbons (Fsp3) is 0.310. The van der Waals surface area contributed by atoms with Crippen LogP contribution in [-0.4, -0.2) is 44.3 Å². The van der Waals surface area contributed by atoms with Gasteiger partial charge in [-0.25, -0.2) is 8.42 Å². The molecule has 0 aliphatic carbocycles. The molecule has 0 aromatic heterocycles. The van der Waals surface area contributed by atoms with Gasteiger partial charge in [0.15, 0.2) is 0 Å². The van der Waals surface area contributed by atoms with Crippen LogP contribution in [0.5, 0.6) is 0 Å². The third-order valence-electron chi connectivity index (χ3n) is 6.12. The van der Waals surface area contributed by atoms with E-state index in [2.05, 4.69) is 5.32 Å². The van der Waals surface area contributed by atoms with Gasteiger partial charge in [0.05, 0.1) is 10.6 Å². The van der Waals surface area contributed by atoms with Crippen molar-refractivity contribution in [2.45, 2.75) is 51.6 Å². The molecule has 3 aromatic rings. The maximum atomic E-state index is 13.8. The number of rotatable bonds is 11. The molecule has 0 saturated carbocycles. The van der Waals surface area contributed by atoms with Gasteiger partial charge in [-0.15, -0.1) is 0 Å². The van der Waals surface area contributed by atoms with Crippen molar-refractivity contribution in [3.05, 3.63) is 95.6 Å². The van der Waals surface area contributed by atoms with Crippen molar-refractivity contribution in [2.24, 2.45) is 0 Å². The lowest BCUT2D eigenvalue weighted by Crippen LogP contribution is -2.51. The number of aryl methyl sites for hydroxylation is 2. The fourth-order valence-electron chi connectivity index (χ4n) is 3.83. The fourth-order valence-corrected chi connectivity index (χ4v) is 5.26. The van der Waals surface area contributed by atoms with E-state index in [0.717, 1.165) is 27.4 Å². The van der Waals surface area contributed by atoms with Crippen LogP contribution in [0.25, 0.3) is 0 Å². The standard InChI is InChI=1S/C29H35N3O4S/c1-5-19-30-29(34)24(4)31(20-25-15-11-22(2)12-16-25)28(33)21-32(26-17-13-23(3)14-18-26)37(35,36)27-9-7-6-8-10-27/h6-18,24H,5,19-21H2,1-4H3,(H,30,34). The number of anilines is 1. The summed E-state index contributed by atoms with van der Waals surface area (Å²) < 4.78 is 28.5. The largest absolute Gasteiger partial charge is 0.354 e. The lowest BCUT2D eigenvalue weighted by atomic mass is 10.1. The number of nitrogens with zero attached hydrogens (tertiary/aromatic N) is 2. The van der Waals surface area contributed by atoms with Crippen molar-refractivity contribution in [1.29, 1.82) is 0 Å². The van der Waals surface area contributed by atoms with E-state index >= 15 is 0 Å². The van der Waals surface area contributed by atoms with E-state index in [1.165, 1.54) is 17.0 Å². The topological polar surface area (TPSA) is 86.8 Å². The maximum Gasteiger partial charge on any atom is 0.264 e. The first kappa shape index (κ1) is 27.9. The molecule has 0 heterocycles. The van der Waals surface area contributed by atoms with Crippen LogP contribution < -0.4 is 9.62 Å². The number of amides is 2. The molecule has 0 fully saturated rings. The third kappa shape index (κ3) is 7.20. The Hall–Kier alpha value is -3.65. The highest BCUT2D eigenvalue weighted by Gasteiger charge is 2.32. The van der Waals surface area contributed by atoms with E-state index in [9.17, 15) is 18.0 Å². The molecule has 1 atom stereocenters. The van der Waals surface area contributed by atoms with Crippen molar-refractivity contribution in [3.63, 3.8) is 0 Å². The molecule has 3 rings (SSSR count). The predicted octanol–water partition coefficient (Wildman–Crippen LogP) is 4.44. The zero-order chi connectivity index (χ0) is 27.0. The third-order valence-corrected chi connectivity index (χ3v) is 7.91. The molecular formula is C29H35N3O4S. The second-order valence-electron chi connectivity index (χ2n) is 9.13. The quantitative estimate of drug-likeness (QED) is 0.404. The molecule has 37 heavy (non-hydrogen) atoms. The number of benzene rings is 3. The Morgan fingerprint density at radius 1 is 0.865 bits per heavy atom. The Morgan fingerprint density at radius 3 is 2.00 bits per heavy atom. The molecule has 0 saturated heterocycles. The van der Waals surface area contributed by atoms with Crippen molar-refractivity contribution in [2.75, 3.05) is 17.4 Å². The summed E-state index contributed by atoms with van der Waals surface area (Å²) in [5.74, 6) is -0.755. The van der Waals surface area contributed by atoms with E-state index in [1.54, 1.807) is 49.4 Å². The monoisotopic (exact) mass is 521 g/mol. The van der Waals surface area contributed by atoms with Crippen molar-refractivity contribution in [1.82, 2.24) is 10.2 Å². The van der Waals surface area contributed by atoms with E-state index < -0.39 is 28.5 Å². The number of hydrogen-bond acceptors (Lipinski definition) is 4. The second-order valence-corrected chi connectivity index (χ2v) is 11.0. The van der Waals surface area contributed by atoms with E-state index in [4.69, 9.17) is 0 Å². The minimum Gasteiger partial charge on any atom is -0.354 e. The van der Waals surface area contributed by atoms with E-state index in [-0.39, 0.29) is 17.3 Å². The van der Waals surface area contributed by atoms with Crippen LogP contribution in [0.3, 0.4) is 0 Å². The number of sulfonamides is 1. The van der Waals surface area contributed by atoms with Gasteiger partial charge in [0.1, 0.15) is 12.6 Å². The Balaban J connectivity index is 1.99. The highest BCUT2D eigenvalue weighted by molar-refractivity contribution is 7.92. The number of nitrogens with one attached hydrogen (secondary N) is 1. The summed E-state index contributed by atoms with van der Waals surface area (Å²) in [6.45, 7) is 7.72. The molecule has 1 unspecified atom stereocenters. The maximum absolute atomic E-state index is 13.8. The minimum absolute atomic E-state index is 0.0854. The Bertz CT molecular complexity index is 1290. The summed E-state index contributed by atoms with van der Waals surface area (Å²) in [4.78, 5) is 28.2. The van der Waals surface area contributed by atoms with Gasteiger partial charge in [-0.05, 0) is 57.0 Å². The van der Waals surface area contributed by atoms with Gasteiger partial charge in [-0.2, -0.15) is 0 Å². The predicted molar refractivity (Wildman–Crippen MR) is 147 cm³/mol. The molecule has 2 amide bonds. The van der Waals surface area contributed by atoms with Gasteiger partial charge in [0.25, 0.3) is 10.0 Å². The Kier molecular flexibility index (Phi) is 9.47. The molecular weight excluding hydrogens is 486 g/mol. The normalized spacial score (nSPS) is 12.0. The first-order valence-electron chi connectivity index (χ1n) is 12.4. The highest BCUT2D eigenvalue weighted by atomic mass is 32.2. The first-order chi connectivity index (χ1) is 17.6. The SMILES string of the molecule is CCCNC(=O)C(C)N(Cc1ccc(C)cc1)C(=O)CN(c1ccc(C)cc1)S(=O)(=O)c1ccccc1. The average Bonchev–Trinajstić information content (AvgIpc) is 2.90. The average molecular weight is 522 g/mol. The summed E-state index contributed by atoms with van der Waals surface area (Å²) in [6, 6.07) is 21.9. The molecule has 0 aliphatic heterocycles. The van der Waals surface area contributed by atoms with Gasteiger partial charge in [0.2, 0.25) is 11.8 Å². The first-order valence-corrected chi connectivity index (χ1v) is 13.8. The zero-order valence-corrected chi connectivity index (χ0v) is 22.7. The van der Waals surface area contributed by atoms with Gasteiger partial charge in [0, 0.05) is 13.1 Å². The Morgan fingerprint density at radius 2 is 1.43 bits per heavy atom. The summed E-state index contributed by atoms with van der Waals surface area (Å²) >= 11 is 0. The second kappa shape index (κ2) is 12.5. The Labute approximate surface area is 220 Å². The van der Waals surface area contributed by atoms with Crippen LogP contribution in [0, 0.1) is 13.8 Å². The van der Waals surface area contributed by atoms with Crippen LogP contribution in [0.4, 0.5) is 5.69 Å². The molecule has 0 aliphatic rings. The van der Waals surface area contributed by atoms with Crippen LogP contribution in [-0.2, 0) is 26.2 Å². The van der Waals surface area contributed by atoms with Gasteiger partial charge >= 0.3 is 0 Å². The molecule has 0 bridgehead atoms. The zero-order valence-electron chi connectivity index (χ0n) is 21.8. The van der Waals surface area contributed by atoms with Crippen LogP contribution in [0.2, 0.25) is 0 Å². The molecule has 7 nitrogen and oxygen atoms in total. The summed E-state index contributed by atoms with van der Waals surface area (Å²) in [7, 11) is -4.05. The number of hydrogen-bond donors (Lipinski definition) is 1. The van der Waals surface area contributed by atoms with Gasteiger partial charge < -0.3 is 10.2 Å². The lowest BCUT2D eigenvalue weighted by Gasteiger charge is -2.32. The van der Waals surface area contributed by atoms with Crippen LogP contribution in [0.1, 0.15) is 37.0 Å². The number of carbonyl (C=O) groups excluding carboxylic acids is 2. The van der Waals surface area contributed by atoms with Crippen molar-refractivity contribution < 1.29 is 18.0 Å². The summed E-state index contributed by atoms with van der Waals surface area (Å²) in [5, 5.41) is 2.84. The van der Waals surface area contributed by atoms with E-state index in [0.29, 0.717) is 12.2 Å². The van der Waals surface area contributed by atoms with E-state index in [1.807, 2.05) is 45.0 Å². The molecule has 8 heteroatoms. The van der Waals surface area contributed by atoms with Crippen molar-refractivity contribution in [3.8, 4) is 0 Å². The molecule has 196 valence electrons. The minimum atomic E-state index is -4.05. The van der Waals surface area contributed by atoms with Gasteiger partial charge in [-0.1, -0.05) is 72.6 Å². The smallest absolute Gasteiger partial charge is 0.264 e. The van der Waals surface area contributed by atoms with Crippen LogP contribution in [0.15, 0.2) is 83.8 Å². The molecule has 0 radical (unpaired) electrons. The number of carbonyl (C=O) groups is 2. The van der Waals surface area contributed by atoms with Crippen molar-refractivity contribution >= 4 is 27.5 Å². The highest BCUT2D eigenvalue weighted by Crippen LogP contribution is 2.25.